The van der Waals surface area contributed by atoms with Crippen molar-refractivity contribution in [3.8, 4) is 11.5 Å². The molecule has 1 aromatic rings. The summed E-state index contributed by atoms with van der Waals surface area (Å²) < 4.78 is 9.89. The normalized spacial score (nSPS) is 9.07. The predicted molar refractivity (Wildman–Crippen MR) is 59.2 cm³/mol. The molecule has 0 amide bonds. The summed E-state index contributed by atoms with van der Waals surface area (Å²) in [5.41, 5.74) is 14.9. The number of benzene rings is 1. The van der Waals surface area contributed by atoms with Crippen molar-refractivity contribution in [3.63, 3.8) is 0 Å². The molecule has 88 valence electrons. The third-order valence-corrected chi connectivity index (χ3v) is 1.52. The summed E-state index contributed by atoms with van der Waals surface area (Å²) in [6.07, 6.45) is 0. The van der Waals surface area contributed by atoms with E-state index in [0.717, 1.165) is 0 Å². The number of hydrogen-bond acceptors (Lipinski definition) is 2. The molecule has 2 N–H and O–H groups in total. The van der Waals surface area contributed by atoms with Gasteiger partial charge in [-0.3, -0.25) is 0 Å². The summed E-state index contributed by atoms with van der Waals surface area (Å²) in [5, 5.41) is 0. The first-order valence-corrected chi connectivity index (χ1v) is 9.25. The van der Waals surface area contributed by atoms with Crippen LogP contribution in [0.25, 0.3) is 11.5 Å². The van der Waals surface area contributed by atoms with Crippen LogP contribution in [-0.2, 0) is 16.5 Å². The Labute approximate surface area is 105 Å². The molecule has 0 heterocycles. The first-order valence-electron chi connectivity index (χ1n) is 3.62. The zero-order valence-corrected chi connectivity index (χ0v) is 11.8. The molecule has 0 atom stereocenters. The summed E-state index contributed by atoms with van der Waals surface area (Å²) >= 11 is -0.472. The molecule has 0 aliphatic carbocycles. The topological polar surface area (TPSA) is 66.1 Å². The molecular formula is C8H10Cl2N2O2Pt. The minimum absolute atomic E-state index is 0.132. The molecule has 0 radical (unpaired) electrons. The Morgan fingerprint density at radius 2 is 1.27 bits per heavy atom. The summed E-state index contributed by atoms with van der Waals surface area (Å²) in [6, 6.07) is 2.92. The number of ether oxygens (including phenoxy) is 2. The SMILES string of the molecule is COc1cc([NH-])c([NH-])cc1OC.[Cl][Pt+2][Cl]. The molecule has 1 rings (SSSR count). The Kier molecular flexibility index (Phi) is 7.75. The Hall–Kier alpha value is -0.312. The zero-order chi connectivity index (χ0) is 11.8. The molecule has 0 bridgehead atoms. The van der Waals surface area contributed by atoms with Gasteiger partial charge in [-0.2, -0.15) is 11.4 Å². The van der Waals surface area contributed by atoms with Crippen molar-refractivity contribution in [1.82, 2.24) is 0 Å². The van der Waals surface area contributed by atoms with E-state index in [1.807, 2.05) is 0 Å². The number of halogens is 2. The van der Waals surface area contributed by atoms with Crippen LogP contribution in [0.5, 0.6) is 11.5 Å². The van der Waals surface area contributed by atoms with Crippen LogP contribution in [0.2, 0.25) is 0 Å². The van der Waals surface area contributed by atoms with Gasteiger partial charge in [0.05, 0.1) is 14.2 Å². The van der Waals surface area contributed by atoms with Crippen LogP contribution in [0.1, 0.15) is 0 Å². The van der Waals surface area contributed by atoms with E-state index >= 15 is 0 Å². The van der Waals surface area contributed by atoms with Gasteiger partial charge >= 0.3 is 35.3 Å². The average Bonchev–Trinajstić information content (AvgIpc) is 2.22. The molecule has 0 aliphatic rings. The van der Waals surface area contributed by atoms with E-state index in [2.05, 4.69) is 0 Å². The van der Waals surface area contributed by atoms with Gasteiger partial charge in [0.1, 0.15) is 0 Å². The van der Waals surface area contributed by atoms with Gasteiger partial charge in [-0.1, -0.05) is 0 Å². The maximum absolute atomic E-state index is 7.31. The molecule has 0 fully saturated rings. The monoisotopic (exact) mass is 431 g/mol. The number of nitrogens with one attached hydrogen (secondary N) is 2. The van der Waals surface area contributed by atoms with Crippen molar-refractivity contribution in [1.29, 1.82) is 0 Å². The molecule has 0 unspecified atom stereocenters. The van der Waals surface area contributed by atoms with Crippen molar-refractivity contribution in [2.24, 2.45) is 0 Å². The van der Waals surface area contributed by atoms with Crippen LogP contribution in [0, 0.1) is 0 Å². The van der Waals surface area contributed by atoms with Gasteiger partial charge in [0, 0.05) is 0 Å². The fourth-order valence-corrected chi connectivity index (χ4v) is 0.879. The standard InChI is InChI=1S/C8H10N2O2.2ClH.Pt/c1-11-7-3-5(9)6(10)4-8(7)12-2;;;/h3-4,9-10H,1-2H3;2*1H;/q-2;;;+4/p-2. The molecule has 0 spiro atoms. The average molecular weight is 432 g/mol. The summed E-state index contributed by atoms with van der Waals surface area (Å²) in [4.78, 5) is 0. The van der Waals surface area contributed by atoms with Gasteiger partial charge in [-0.05, 0) is 12.1 Å². The van der Waals surface area contributed by atoms with Crippen LogP contribution in [0.15, 0.2) is 12.1 Å². The fourth-order valence-electron chi connectivity index (χ4n) is 0.879. The maximum atomic E-state index is 7.31. The van der Waals surface area contributed by atoms with E-state index in [0.29, 0.717) is 11.5 Å². The van der Waals surface area contributed by atoms with E-state index in [-0.39, 0.29) is 11.4 Å². The number of methoxy groups -OCH3 is 2. The van der Waals surface area contributed by atoms with Crippen molar-refractivity contribution < 1.29 is 26.0 Å². The first-order chi connectivity index (χ1) is 7.10. The van der Waals surface area contributed by atoms with Gasteiger partial charge in [0.15, 0.2) is 11.5 Å². The third-order valence-electron chi connectivity index (χ3n) is 1.52. The van der Waals surface area contributed by atoms with E-state index in [1.54, 1.807) is 0 Å². The van der Waals surface area contributed by atoms with Crippen molar-refractivity contribution in [2.75, 3.05) is 14.2 Å². The van der Waals surface area contributed by atoms with Gasteiger partial charge < -0.3 is 20.9 Å². The number of rotatable bonds is 2. The molecule has 1 aromatic carbocycles. The molecular weight excluding hydrogens is 422 g/mol. The summed E-state index contributed by atoms with van der Waals surface area (Å²) in [6.45, 7) is 0. The van der Waals surface area contributed by atoms with Crippen LogP contribution in [0.3, 0.4) is 0 Å². The Morgan fingerprint density at radius 3 is 1.47 bits per heavy atom. The van der Waals surface area contributed by atoms with Crippen LogP contribution >= 0.6 is 18.8 Å². The molecule has 0 aromatic heterocycles. The van der Waals surface area contributed by atoms with E-state index in [1.165, 1.54) is 26.4 Å². The second kappa shape index (κ2) is 7.91. The molecule has 7 heteroatoms. The second-order valence-electron chi connectivity index (χ2n) is 2.30. The van der Waals surface area contributed by atoms with Gasteiger partial charge in [-0.25, -0.2) is 0 Å². The predicted octanol–water partition coefficient (Wildman–Crippen LogP) is 4.45. The molecule has 15 heavy (non-hydrogen) atoms. The van der Waals surface area contributed by atoms with Gasteiger partial charge in [0.25, 0.3) is 0 Å². The van der Waals surface area contributed by atoms with E-state index in [4.69, 9.17) is 39.8 Å². The second-order valence-corrected chi connectivity index (χ2v) is 5.58. The van der Waals surface area contributed by atoms with E-state index in [9.17, 15) is 0 Å². The summed E-state index contributed by atoms with van der Waals surface area (Å²) in [5.74, 6) is 0.969. The molecule has 0 aliphatic heterocycles. The van der Waals surface area contributed by atoms with Crippen molar-refractivity contribution >= 4 is 30.2 Å². The first kappa shape index (κ1) is 14.7. The van der Waals surface area contributed by atoms with Crippen LogP contribution in [0.4, 0.5) is 11.4 Å². The molecule has 0 saturated carbocycles. The van der Waals surface area contributed by atoms with Gasteiger partial charge in [0.2, 0.25) is 0 Å². The van der Waals surface area contributed by atoms with Crippen molar-refractivity contribution in [2.45, 2.75) is 0 Å². The van der Waals surface area contributed by atoms with Crippen molar-refractivity contribution in [3.05, 3.63) is 23.6 Å². The minimum atomic E-state index is -0.472. The summed E-state index contributed by atoms with van der Waals surface area (Å²) in [7, 11) is 12.8. The Morgan fingerprint density at radius 1 is 1.00 bits per heavy atom. The van der Waals surface area contributed by atoms with E-state index < -0.39 is 16.5 Å². The molecule has 4 nitrogen and oxygen atoms in total. The Bertz CT molecular complexity index is 284. The number of hydrogen-bond donors (Lipinski definition) is 0. The third kappa shape index (κ3) is 4.82. The quantitative estimate of drug-likeness (QED) is 0.694. The zero-order valence-electron chi connectivity index (χ0n) is 8.04. The fraction of sp³-hybridized carbons (Fsp3) is 0.250. The van der Waals surface area contributed by atoms with Gasteiger partial charge in [-0.15, -0.1) is 0 Å². The van der Waals surface area contributed by atoms with Crippen LogP contribution in [-0.4, -0.2) is 14.2 Å². The van der Waals surface area contributed by atoms with Crippen LogP contribution < -0.4 is 9.47 Å². The molecule has 0 saturated heterocycles. The Balaban J connectivity index is 0.000000583.